The Balaban J connectivity index is 3.70. The lowest BCUT2D eigenvalue weighted by Gasteiger charge is -2.19. The number of carbonyl (C=O) groups excluding carboxylic acids is 2. The maximum atomic E-state index is 11.1. The van der Waals surface area contributed by atoms with Gasteiger partial charge < -0.3 is 14.6 Å². The van der Waals surface area contributed by atoms with Gasteiger partial charge in [-0.05, 0) is 31.9 Å². The third kappa shape index (κ3) is 11.1. The van der Waals surface area contributed by atoms with Gasteiger partial charge in [0.25, 0.3) is 5.91 Å². The first-order valence-electron chi connectivity index (χ1n) is 4.75. The lowest BCUT2D eigenvalue weighted by molar-refractivity contribution is -0.121. The van der Waals surface area contributed by atoms with E-state index in [1.165, 1.54) is 0 Å². The summed E-state index contributed by atoms with van der Waals surface area (Å²) in [6.07, 6.45) is -0.722. The number of hydrazine groups is 1. The minimum absolute atomic E-state index is 0.312. The van der Waals surface area contributed by atoms with Gasteiger partial charge in [0.2, 0.25) is 0 Å². The Morgan fingerprint density at radius 2 is 1.94 bits per heavy atom. The van der Waals surface area contributed by atoms with Crippen LogP contribution in [0.5, 0.6) is 0 Å². The molecule has 0 spiro atoms. The van der Waals surface area contributed by atoms with Crippen LogP contribution in [0, 0.1) is 0 Å². The van der Waals surface area contributed by atoms with E-state index in [0.29, 0.717) is 0 Å². The molecular formula is C8H16N3O5S-. The lowest BCUT2D eigenvalue weighted by Crippen LogP contribution is -2.45. The number of amides is 2. The van der Waals surface area contributed by atoms with Crippen molar-refractivity contribution >= 4 is 23.1 Å². The average molecular weight is 266 g/mol. The van der Waals surface area contributed by atoms with E-state index in [0.717, 1.165) is 0 Å². The standard InChI is InChI=1S/C8H17N3O5S/c1-8(2,3)16-7(13)9-4-6(12)11-10-5-17(14)15/h10H,4-5H2,1-3H3,(H,9,13)(H,11,12)(H,14,15)/p-1. The summed E-state index contributed by atoms with van der Waals surface area (Å²) >= 11 is -2.30. The summed E-state index contributed by atoms with van der Waals surface area (Å²) in [6, 6.07) is 0. The summed E-state index contributed by atoms with van der Waals surface area (Å²) in [5.41, 5.74) is 3.59. The molecule has 2 amide bonds. The zero-order valence-electron chi connectivity index (χ0n) is 9.86. The molecule has 0 aromatic heterocycles. The van der Waals surface area contributed by atoms with Gasteiger partial charge >= 0.3 is 6.09 Å². The summed E-state index contributed by atoms with van der Waals surface area (Å²) in [5, 5.41) is 2.21. The highest BCUT2D eigenvalue weighted by atomic mass is 32.2. The Morgan fingerprint density at radius 1 is 1.35 bits per heavy atom. The first-order valence-corrected chi connectivity index (χ1v) is 5.99. The Hall–Kier alpha value is -1.19. The number of rotatable bonds is 5. The third-order valence-corrected chi connectivity index (χ3v) is 1.59. The molecule has 0 aliphatic rings. The van der Waals surface area contributed by atoms with Crippen molar-refractivity contribution in [2.45, 2.75) is 26.4 Å². The normalized spacial score (nSPS) is 12.7. The zero-order valence-corrected chi connectivity index (χ0v) is 10.7. The van der Waals surface area contributed by atoms with Gasteiger partial charge in [0.15, 0.2) is 0 Å². The maximum absolute atomic E-state index is 11.1. The van der Waals surface area contributed by atoms with Crippen LogP contribution in [0.3, 0.4) is 0 Å². The second kappa shape index (κ2) is 7.20. The van der Waals surface area contributed by atoms with Crippen LogP contribution in [0.15, 0.2) is 0 Å². The SMILES string of the molecule is CC(C)(C)OC(=O)NCC(=O)NNCS(=O)[O-]. The third-order valence-electron chi connectivity index (χ3n) is 1.21. The van der Waals surface area contributed by atoms with E-state index in [-0.39, 0.29) is 6.54 Å². The van der Waals surface area contributed by atoms with Gasteiger partial charge in [-0.25, -0.2) is 10.2 Å². The minimum atomic E-state index is -2.30. The van der Waals surface area contributed by atoms with Gasteiger partial charge in [0.05, 0.1) is 5.88 Å². The van der Waals surface area contributed by atoms with Crippen molar-refractivity contribution in [3.63, 3.8) is 0 Å². The molecule has 0 radical (unpaired) electrons. The van der Waals surface area contributed by atoms with Crippen LogP contribution in [0.1, 0.15) is 20.8 Å². The maximum Gasteiger partial charge on any atom is 0.408 e. The van der Waals surface area contributed by atoms with Crippen molar-refractivity contribution in [3.05, 3.63) is 0 Å². The molecule has 0 fully saturated rings. The Labute approximate surface area is 102 Å². The van der Waals surface area contributed by atoms with Crippen LogP contribution in [0.25, 0.3) is 0 Å². The van der Waals surface area contributed by atoms with Crippen LogP contribution < -0.4 is 16.2 Å². The van der Waals surface area contributed by atoms with Gasteiger partial charge in [-0.3, -0.25) is 14.4 Å². The fourth-order valence-electron chi connectivity index (χ4n) is 0.704. The van der Waals surface area contributed by atoms with Crippen LogP contribution in [-0.4, -0.2) is 38.8 Å². The quantitative estimate of drug-likeness (QED) is 0.432. The molecule has 0 saturated heterocycles. The van der Waals surface area contributed by atoms with Crippen LogP contribution in [-0.2, 0) is 20.6 Å². The minimum Gasteiger partial charge on any atom is -0.771 e. The van der Waals surface area contributed by atoms with E-state index in [1.54, 1.807) is 20.8 Å². The smallest absolute Gasteiger partial charge is 0.408 e. The van der Waals surface area contributed by atoms with E-state index < -0.39 is 34.6 Å². The van der Waals surface area contributed by atoms with E-state index >= 15 is 0 Å². The average Bonchev–Trinajstić information content (AvgIpc) is 2.11. The van der Waals surface area contributed by atoms with Gasteiger partial charge in [-0.2, -0.15) is 0 Å². The van der Waals surface area contributed by atoms with Gasteiger partial charge in [0.1, 0.15) is 12.1 Å². The molecule has 17 heavy (non-hydrogen) atoms. The fraction of sp³-hybridized carbons (Fsp3) is 0.750. The highest BCUT2D eigenvalue weighted by molar-refractivity contribution is 7.79. The molecule has 0 heterocycles. The molecule has 3 N–H and O–H groups in total. The number of hydrogen-bond donors (Lipinski definition) is 3. The Morgan fingerprint density at radius 3 is 2.41 bits per heavy atom. The van der Waals surface area contributed by atoms with Crippen molar-refractivity contribution in [2.75, 3.05) is 12.4 Å². The van der Waals surface area contributed by atoms with E-state index in [9.17, 15) is 18.4 Å². The van der Waals surface area contributed by atoms with Gasteiger partial charge in [-0.15, -0.1) is 0 Å². The number of hydrogen-bond acceptors (Lipinski definition) is 6. The first kappa shape index (κ1) is 15.8. The van der Waals surface area contributed by atoms with Crippen LogP contribution in [0.2, 0.25) is 0 Å². The summed E-state index contributed by atoms with van der Waals surface area (Å²) in [7, 11) is 0. The van der Waals surface area contributed by atoms with Gasteiger partial charge in [-0.1, -0.05) is 0 Å². The Bertz CT molecular complexity index is 302. The van der Waals surface area contributed by atoms with E-state index in [2.05, 4.69) is 16.2 Å². The topological polar surface area (TPSA) is 120 Å². The second-order valence-electron chi connectivity index (χ2n) is 4.03. The summed E-state index contributed by atoms with van der Waals surface area (Å²) in [4.78, 5) is 22.2. The van der Waals surface area contributed by atoms with Gasteiger partial charge in [0, 0.05) is 0 Å². The highest BCUT2D eigenvalue weighted by Gasteiger charge is 2.16. The molecule has 0 aliphatic carbocycles. The molecular weight excluding hydrogens is 250 g/mol. The molecule has 9 heteroatoms. The number of alkyl carbamates (subject to hydrolysis) is 1. The summed E-state index contributed by atoms with van der Waals surface area (Å²) in [5.74, 6) is -0.987. The molecule has 0 rings (SSSR count). The molecule has 100 valence electrons. The van der Waals surface area contributed by atoms with Crippen LogP contribution in [0.4, 0.5) is 4.79 Å². The van der Waals surface area contributed by atoms with Crippen molar-refractivity contribution < 1.29 is 23.1 Å². The largest absolute Gasteiger partial charge is 0.771 e. The molecule has 0 aliphatic heterocycles. The van der Waals surface area contributed by atoms with Crippen molar-refractivity contribution in [3.8, 4) is 0 Å². The first-order chi connectivity index (χ1) is 7.70. The second-order valence-corrected chi connectivity index (χ2v) is 4.92. The lowest BCUT2D eigenvalue weighted by atomic mass is 10.2. The molecule has 1 atom stereocenters. The predicted octanol–water partition coefficient (Wildman–Crippen LogP) is -1.03. The van der Waals surface area contributed by atoms with Crippen molar-refractivity contribution in [1.82, 2.24) is 16.2 Å². The predicted molar refractivity (Wildman–Crippen MR) is 59.3 cm³/mol. The highest BCUT2D eigenvalue weighted by Crippen LogP contribution is 2.05. The van der Waals surface area contributed by atoms with E-state index in [4.69, 9.17) is 4.74 Å². The molecule has 0 bridgehead atoms. The summed E-state index contributed by atoms with van der Waals surface area (Å²) in [6.45, 7) is 4.76. The fourth-order valence-corrected chi connectivity index (χ4v) is 0.894. The van der Waals surface area contributed by atoms with Crippen molar-refractivity contribution in [1.29, 1.82) is 0 Å². The van der Waals surface area contributed by atoms with Crippen molar-refractivity contribution in [2.24, 2.45) is 0 Å². The number of carbonyl (C=O) groups is 2. The molecule has 8 nitrogen and oxygen atoms in total. The zero-order chi connectivity index (χ0) is 13.5. The molecule has 0 aromatic rings. The number of ether oxygens (including phenoxy) is 1. The molecule has 0 saturated carbocycles. The van der Waals surface area contributed by atoms with Crippen LogP contribution >= 0.6 is 0 Å². The molecule has 0 aromatic carbocycles. The molecule has 1 unspecified atom stereocenters. The number of nitrogens with one attached hydrogen (secondary N) is 3. The summed E-state index contributed by atoms with van der Waals surface area (Å²) < 4.78 is 25.1. The Kier molecular flexibility index (Phi) is 6.69. The van der Waals surface area contributed by atoms with E-state index in [1.807, 2.05) is 0 Å². The monoisotopic (exact) mass is 266 g/mol.